The number of sulfonamides is 1. The van der Waals surface area contributed by atoms with Gasteiger partial charge in [-0.2, -0.15) is 0 Å². The van der Waals surface area contributed by atoms with E-state index in [1.165, 1.54) is 30.6 Å². The Labute approximate surface area is 203 Å². The van der Waals surface area contributed by atoms with E-state index in [1.54, 1.807) is 17.6 Å². The summed E-state index contributed by atoms with van der Waals surface area (Å²) < 4.78 is 32.1. The van der Waals surface area contributed by atoms with E-state index in [0.717, 1.165) is 19.3 Å². The molecule has 0 spiro atoms. The number of hydrogen-bond donors (Lipinski definition) is 2. The number of likely N-dealkylation sites (tertiary alicyclic amines) is 1. The summed E-state index contributed by atoms with van der Waals surface area (Å²) in [5.74, 6) is -1.20. The Morgan fingerprint density at radius 3 is 2.26 bits per heavy atom. The van der Waals surface area contributed by atoms with Gasteiger partial charge in [-0.3, -0.25) is 14.8 Å². The molecule has 2 N–H and O–H groups in total. The van der Waals surface area contributed by atoms with E-state index >= 15 is 0 Å². The zero-order valence-electron chi connectivity index (χ0n) is 20.7. The monoisotopic (exact) mass is 497 g/mol. The fourth-order valence-electron chi connectivity index (χ4n) is 4.47. The van der Waals surface area contributed by atoms with Crippen LogP contribution < -0.4 is 10.2 Å². The number of piperidine rings is 1. The molecular formula is C24H39N3O6S. The lowest BCUT2D eigenvalue weighted by atomic mass is 9.81. The molecule has 2 atom stereocenters. The number of carbonyl (C=O) groups is 2. The minimum absolute atomic E-state index is 0.0544. The number of methoxy groups -OCH3 is 1. The first-order chi connectivity index (χ1) is 16.1. The predicted octanol–water partition coefficient (Wildman–Crippen LogP) is 2.89. The molecule has 9 nitrogen and oxygen atoms in total. The summed E-state index contributed by atoms with van der Waals surface area (Å²) in [7, 11) is -0.705. The van der Waals surface area contributed by atoms with Gasteiger partial charge in [0.25, 0.3) is 0 Å². The van der Waals surface area contributed by atoms with Gasteiger partial charge in [0, 0.05) is 26.7 Å². The van der Waals surface area contributed by atoms with E-state index in [2.05, 4.69) is 0 Å². The third kappa shape index (κ3) is 7.41. The first-order valence-corrected chi connectivity index (χ1v) is 13.4. The number of hydroxylamine groups is 1. The average molecular weight is 498 g/mol. The summed E-state index contributed by atoms with van der Waals surface area (Å²) in [5, 5.41) is 9.37. The Hall–Kier alpha value is -2.17. The molecule has 1 aromatic carbocycles. The normalized spacial score (nSPS) is 16.4. The molecule has 34 heavy (non-hydrogen) atoms. The molecule has 1 saturated heterocycles. The summed E-state index contributed by atoms with van der Waals surface area (Å²) in [6.45, 7) is 5.54. The molecule has 2 amide bonds. The largest absolute Gasteiger partial charge is 0.497 e. The van der Waals surface area contributed by atoms with E-state index in [1.807, 2.05) is 18.7 Å². The second-order valence-electron chi connectivity index (χ2n) is 9.35. The number of benzene rings is 1. The van der Waals surface area contributed by atoms with Crippen molar-refractivity contribution in [1.82, 2.24) is 14.7 Å². The maximum Gasteiger partial charge on any atom is 0.247 e. The summed E-state index contributed by atoms with van der Waals surface area (Å²) in [6.07, 6.45) is 4.16. The number of rotatable bonds is 12. The van der Waals surface area contributed by atoms with E-state index < -0.39 is 27.8 Å². The quantitative estimate of drug-likeness (QED) is 0.339. The second-order valence-corrected chi connectivity index (χ2v) is 11.4. The van der Waals surface area contributed by atoms with E-state index in [0.29, 0.717) is 31.7 Å². The Morgan fingerprint density at radius 1 is 1.12 bits per heavy atom. The Bertz CT molecular complexity index is 898. The van der Waals surface area contributed by atoms with E-state index in [9.17, 15) is 23.2 Å². The number of amides is 2. The molecule has 2 rings (SSSR count). The molecule has 1 fully saturated rings. The molecule has 10 heteroatoms. The van der Waals surface area contributed by atoms with Crippen molar-refractivity contribution in [3.05, 3.63) is 24.3 Å². The third-order valence-electron chi connectivity index (χ3n) is 6.40. The molecule has 1 aromatic rings. The molecule has 1 unspecified atom stereocenters. The van der Waals surface area contributed by atoms with Crippen LogP contribution in [0, 0.1) is 17.8 Å². The van der Waals surface area contributed by atoms with Crippen LogP contribution in [0.5, 0.6) is 5.75 Å². The number of hydrogen-bond acceptors (Lipinski definition) is 6. The first-order valence-electron chi connectivity index (χ1n) is 11.9. The minimum atomic E-state index is -3.71. The van der Waals surface area contributed by atoms with Gasteiger partial charge in [0.1, 0.15) is 5.75 Å². The lowest BCUT2D eigenvalue weighted by Crippen LogP contribution is -2.46. The number of ether oxygens (including phenoxy) is 1. The highest BCUT2D eigenvalue weighted by molar-refractivity contribution is 7.89. The second kappa shape index (κ2) is 13.1. The smallest absolute Gasteiger partial charge is 0.247 e. The van der Waals surface area contributed by atoms with Crippen LogP contribution in [0.15, 0.2) is 29.2 Å². The van der Waals surface area contributed by atoms with Crippen LogP contribution in [0.4, 0.5) is 0 Å². The van der Waals surface area contributed by atoms with Crippen molar-refractivity contribution in [2.45, 2.75) is 57.3 Å². The highest BCUT2D eigenvalue weighted by atomic mass is 32.2. The molecule has 192 valence electrons. The van der Waals surface area contributed by atoms with Gasteiger partial charge in [-0.05, 0) is 68.7 Å². The van der Waals surface area contributed by atoms with Crippen molar-refractivity contribution in [1.29, 1.82) is 0 Å². The van der Waals surface area contributed by atoms with Gasteiger partial charge >= 0.3 is 0 Å². The molecule has 0 aromatic heterocycles. The topological polar surface area (TPSA) is 116 Å². The lowest BCUT2D eigenvalue weighted by molar-refractivity contribution is -0.146. The molecule has 0 radical (unpaired) electrons. The lowest BCUT2D eigenvalue weighted by Gasteiger charge is -2.34. The zero-order valence-corrected chi connectivity index (χ0v) is 21.5. The van der Waals surface area contributed by atoms with Crippen LogP contribution in [0.25, 0.3) is 0 Å². The maximum atomic E-state index is 13.3. The van der Waals surface area contributed by atoms with Crippen molar-refractivity contribution in [3.8, 4) is 5.75 Å². The van der Waals surface area contributed by atoms with Gasteiger partial charge in [-0.25, -0.2) is 18.2 Å². The number of carbonyl (C=O) groups excluding carboxylic acids is 2. The fraction of sp³-hybridized carbons (Fsp3) is 0.667. The van der Waals surface area contributed by atoms with Crippen molar-refractivity contribution < 1.29 is 28.0 Å². The fourth-order valence-corrected chi connectivity index (χ4v) is 5.68. The van der Waals surface area contributed by atoms with E-state index in [-0.39, 0.29) is 29.7 Å². The Kier molecular flexibility index (Phi) is 10.8. The minimum Gasteiger partial charge on any atom is -0.497 e. The van der Waals surface area contributed by atoms with Gasteiger partial charge in [0.05, 0.1) is 23.8 Å². The van der Waals surface area contributed by atoms with Gasteiger partial charge in [-0.15, -0.1) is 0 Å². The van der Waals surface area contributed by atoms with Gasteiger partial charge in [0.15, 0.2) is 0 Å². The molecule has 1 aliphatic rings. The summed E-state index contributed by atoms with van der Waals surface area (Å²) in [6, 6.07) is 6.15. The predicted molar refractivity (Wildman–Crippen MR) is 129 cm³/mol. The average Bonchev–Trinajstić information content (AvgIpc) is 2.84. The van der Waals surface area contributed by atoms with Crippen LogP contribution >= 0.6 is 0 Å². The molecule has 0 aliphatic carbocycles. The van der Waals surface area contributed by atoms with Gasteiger partial charge in [0.2, 0.25) is 21.8 Å². The van der Waals surface area contributed by atoms with Gasteiger partial charge < -0.3 is 9.64 Å². The third-order valence-corrected chi connectivity index (χ3v) is 8.27. The molecular weight excluding hydrogens is 458 g/mol. The SMILES string of the molecule is COc1ccc(S(=O)(=O)N(C)CCC[C@H](C(=O)NO)C(CC(C)C)C(=O)N2CCCCC2)cc1. The molecule has 1 heterocycles. The summed E-state index contributed by atoms with van der Waals surface area (Å²) in [5.41, 5.74) is 1.73. The van der Waals surface area contributed by atoms with Crippen LogP contribution in [-0.4, -0.2) is 68.4 Å². The van der Waals surface area contributed by atoms with Crippen molar-refractivity contribution in [2.75, 3.05) is 33.8 Å². The van der Waals surface area contributed by atoms with Crippen molar-refractivity contribution >= 4 is 21.8 Å². The van der Waals surface area contributed by atoms with Crippen LogP contribution in [0.3, 0.4) is 0 Å². The summed E-state index contributed by atoms with van der Waals surface area (Å²) >= 11 is 0. The van der Waals surface area contributed by atoms with Crippen molar-refractivity contribution in [3.63, 3.8) is 0 Å². The molecule has 1 aliphatic heterocycles. The van der Waals surface area contributed by atoms with Crippen molar-refractivity contribution in [2.24, 2.45) is 17.8 Å². The van der Waals surface area contributed by atoms with E-state index in [4.69, 9.17) is 4.74 Å². The number of nitrogens with zero attached hydrogens (tertiary/aromatic N) is 2. The highest BCUT2D eigenvalue weighted by Crippen LogP contribution is 2.29. The highest BCUT2D eigenvalue weighted by Gasteiger charge is 2.36. The Balaban J connectivity index is 2.11. The van der Waals surface area contributed by atoms with Crippen LogP contribution in [0.1, 0.15) is 52.4 Å². The Morgan fingerprint density at radius 2 is 1.74 bits per heavy atom. The summed E-state index contributed by atoms with van der Waals surface area (Å²) in [4.78, 5) is 27.9. The maximum absolute atomic E-state index is 13.3. The molecule has 0 bridgehead atoms. The van der Waals surface area contributed by atoms with Crippen LogP contribution in [-0.2, 0) is 19.6 Å². The van der Waals surface area contributed by atoms with Crippen LogP contribution in [0.2, 0.25) is 0 Å². The molecule has 0 saturated carbocycles. The zero-order chi connectivity index (χ0) is 25.3. The number of nitrogens with one attached hydrogen (secondary N) is 1. The van der Waals surface area contributed by atoms with Gasteiger partial charge in [-0.1, -0.05) is 13.8 Å². The first kappa shape index (κ1) is 28.1. The standard InChI is InChI=1S/C24H39N3O6S/c1-18(2)17-22(24(29)27-15-6-5-7-16-27)21(23(28)25-30)9-8-14-26(3)34(31,32)20-12-10-19(33-4)11-13-20/h10-13,18,21-22,30H,5-9,14-17H2,1-4H3,(H,25,28)/t21-,22?/m0/s1.